The number of amides is 1. The van der Waals surface area contributed by atoms with Crippen molar-refractivity contribution in [3.05, 3.63) is 53.1 Å². The molecular weight excluding hydrogens is 533 g/mol. The molecular formula is C30H32FN3O7. The fourth-order valence-corrected chi connectivity index (χ4v) is 6.98. The molecule has 0 aliphatic heterocycles. The van der Waals surface area contributed by atoms with Gasteiger partial charge in [-0.15, -0.1) is 0 Å². The minimum Gasteiger partial charge on any atom is -0.507 e. The SMILES string of the molecule is CN(C)[C@H]1C(=O)C(C(N)=O)C(=O)[C@]2(O)C(=O)C3C(=O)c4c(O)ccc(-c5ccc(CNCCF)cc5)c4C[C@@H]3C[C@H]12. The number of hydrogen-bond acceptors (Lipinski definition) is 9. The predicted molar refractivity (Wildman–Crippen MR) is 144 cm³/mol. The number of Topliss-reactive ketones (excluding diaryl/α,β-unsaturated/α-hetero) is 4. The van der Waals surface area contributed by atoms with Crippen LogP contribution < -0.4 is 11.1 Å². The lowest BCUT2D eigenvalue weighted by Gasteiger charge is -2.52. The second-order valence-electron chi connectivity index (χ2n) is 11.3. The van der Waals surface area contributed by atoms with Crippen LogP contribution in [0.4, 0.5) is 4.39 Å². The van der Waals surface area contributed by atoms with Gasteiger partial charge in [0.15, 0.2) is 34.7 Å². The summed E-state index contributed by atoms with van der Waals surface area (Å²) < 4.78 is 12.4. The van der Waals surface area contributed by atoms with Gasteiger partial charge >= 0.3 is 0 Å². The zero-order valence-electron chi connectivity index (χ0n) is 22.7. The highest BCUT2D eigenvalue weighted by Gasteiger charge is 2.69. The minimum atomic E-state index is -2.75. The van der Waals surface area contributed by atoms with Gasteiger partial charge in [-0.1, -0.05) is 30.3 Å². The number of carbonyl (C=O) groups is 5. The van der Waals surface area contributed by atoms with Crippen molar-refractivity contribution >= 4 is 29.0 Å². The van der Waals surface area contributed by atoms with E-state index >= 15 is 0 Å². The number of carbonyl (C=O) groups excluding carboxylic acids is 5. The highest BCUT2D eigenvalue weighted by molar-refractivity contribution is 6.32. The van der Waals surface area contributed by atoms with Crippen LogP contribution >= 0.6 is 0 Å². The third-order valence-electron chi connectivity index (χ3n) is 8.81. The molecule has 10 nitrogen and oxygen atoms in total. The third-order valence-corrected chi connectivity index (χ3v) is 8.81. The van der Waals surface area contributed by atoms with Crippen molar-refractivity contribution in [1.82, 2.24) is 10.2 Å². The van der Waals surface area contributed by atoms with E-state index in [9.17, 15) is 38.6 Å². The summed E-state index contributed by atoms with van der Waals surface area (Å²) in [7, 11) is 3.09. The molecule has 0 heterocycles. The molecule has 2 unspecified atom stereocenters. The van der Waals surface area contributed by atoms with E-state index in [-0.39, 0.29) is 30.7 Å². The molecule has 11 heteroatoms. The van der Waals surface area contributed by atoms with E-state index in [1.165, 1.54) is 11.0 Å². The fourth-order valence-electron chi connectivity index (χ4n) is 6.98. The van der Waals surface area contributed by atoms with Gasteiger partial charge in [-0.2, -0.15) is 0 Å². The molecule has 2 aromatic carbocycles. The zero-order valence-corrected chi connectivity index (χ0v) is 22.7. The Morgan fingerprint density at radius 3 is 2.39 bits per heavy atom. The van der Waals surface area contributed by atoms with Gasteiger partial charge in [0.2, 0.25) is 5.91 Å². The molecule has 1 amide bonds. The van der Waals surface area contributed by atoms with Crippen LogP contribution in [0.2, 0.25) is 0 Å². The van der Waals surface area contributed by atoms with Crippen molar-refractivity contribution in [2.24, 2.45) is 29.4 Å². The van der Waals surface area contributed by atoms with Crippen LogP contribution in [0.5, 0.6) is 5.75 Å². The highest BCUT2D eigenvalue weighted by Crippen LogP contribution is 2.51. The second-order valence-corrected chi connectivity index (χ2v) is 11.3. The van der Waals surface area contributed by atoms with E-state index in [4.69, 9.17) is 5.73 Å². The van der Waals surface area contributed by atoms with Crippen LogP contribution in [0.3, 0.4) is 0 Å². The Kier molecular flexibility index (Phi) is 7.39. The Bertz CT molecular complexity index is 1460. The van der Waals surface area contributed by atoms with Crippen molar-refractivity contribution in [2.45, 2.75) is 31.0 Å². The standard InChI is InChI=1S/C30H32FN3O7/c1-34(2)24-19-12-16-11-18-17(15-5-3-14(4-6-15)13-33-10-9-31)7-8-20(35)22(18)25(36)21(16)27(38)30(19,41)28(39)23(26(24)37)29(32)40/h3-8,16,19,21,23-24,33,35,41H,9-13H2,1-2H3,(H2,32,40)/t16-,19-,21?,23?,24-,30-/m1/s1. The molecule has 5 rings (SSSR count). The number of rotatable bonds is 7. The van der Waals surface area contributed by atoms with Crippen LogP contribution in [0.25, 0.3) is 11.1 Å². The van der Waals surface area contributed by atoms with Gasteiger partial charge in [0.1, 0.15) is 12.4 Å². The van der Waals surface area contributed by atoms with Gasteiger partial charge < -0.3 is 21.3 Å². The molecule has 216 valence electrons. The molecule has 0 bridgehead atoms. The first-order valence-corrected chi connectivity index (χ1v) is 13.5. The number of likely N-dealkylation sites (N-methyl/N-ethyl adjacent to an activating group) is 1. The highest BCUT2D eigenvalue weighted by atomic mass is 19.1. The maximum Gasteiger partial charge on any atom is 0.235 e. The molecule has 2 aromatic rings. The van der Waals surface area contributed by atoms with Gasteiger partial charge in [-0.3, -0.25) is 28.9 Å². The number of phenolic OH excluding ortho intramolecular Hbond substituents is 1. The Balaban J connectivity index is 1.57. The normalized spacial score (nSPS) is 29.2. The topological polar surface area (TPSA) is 167 Å². The lowest BCUT2D eigenvalue weighted by Crippen LogP contribution is -2.74. The zero-order chi connectivity index (χ0) is 29.8. The number of phenols is 1. The number of hydrogen-bond donors (Lipinski definition) is 4. The Hall–Kier alpha value is -3.80. The number of primary amides is 1. The largest absolute Gasteiger partial charge is 0.507 e. The number of benzene rings is 2. The maximum absolute atomic E-state index is 13.9. The summed E-state index contributed by atoms with van der Waals surface area (Å²) in [5.41, 5.74) is 5.44. The molecule has 6 atom stereocenters. The number of nitrogens with two attached hydrogens (primary N) is 1. The van der Waals surface area contributed by atoms with Gasteiger partial charge in [-0.05, 0) is 61.2 Å². The van der Waals surface area contributed by atoms with E-state index in [0.717, 1.165) is 11.1 Å². The van der Waals surface area contributed by atoms with E-state index in [1.54, 1.807) is 20.2 Å². The minimum absolute atomic E-state index is 0.0157. The Morgan fingerprint density at radius 1 is 1.10 bits per heavy atom. The molecule has 0 aromatic heterocycles. The monoisotopic (exact) mass is 565 g/mol. The summed E-state index contributed by atoms with van der Waals surface area (Å²) in [6.45, 7) is 0.243. The van der Waals surface area contributed by atoms with Crippen molar-refractivity contribution < 1.29 is 38.6 Å². The van der Waals surface area contributed by atoms with Gasteiger partial charge in [0.05, 0.1) is 17.5 Å². The van der Waals surface area contributed by atoms with Crippen LogP contribution in [-0.2, 0) is 32.1 Å². The summed E-state index contributed by atoms with van der Waals surface area (Å²) in [6.07, 6.45) is 0.160. The first-order valence-electron chi connectivity index (χ1n) is 13.5. The lowest BCUT2D eigenvalue weighted by atomic mass is 9.52. The molecule has 3 aliphatic carbocycles. The number of nitrogens with zero attached hydrogens (tertiary/aromatic N) is 1. The fraction of sp³-hybridized carbons (Fsp3) is 0.433. The van der Waals surface area contributed by atoms with E-state index in [0.29, 0.717) is 17.7 Å². The number of fused-ring (bicyclic) bond motifs is 3. The molecule has 0 saturated heterocycles. The third kappa shape index (κ3) is 4.39. The Morgan fingerprint density at radius 2 is 1.78 bits per heavy atom. The molecule has 0 spiro atoms. The summed E-state index contributed by atoms with van der Waals surface area (Å²) >= 11 is 0. The average Bonchev–Trinajstić information content (AvgIpc) is 2.91. The van der Waals surface area contributed by atoms with E-state index < -0.39 is 71.0 Å². The van der Waals surface area contributed by atoms with Crippen LogP contribution in [0, 0.1) is 23.7 Å². The maximum atomic E-state index is 13.9. The summed E-state index contributed by atoms with van der Waals surface area (Å²) in [4.78, 5) is 67.9. The first-order chi connectivity index (χ1) is 19.4. The van der Waals surface area contributed by atoms with Crippen LogP contribution in [-0.4, -0.2) is 83.1 Å². The van der Waals surface area contributed by atoms with Crippen LogP contribution in [0.15, 0.2) is 36.4 Å². The lowest BCUT2D eigenvalue weighted by molar-refractivity contribution is -0.181. The van der Waals surface area contributed by atoms with Gasteiger partial charge in [-0.25, -0.2) is 4.39 Å². The molecule has 0 radical (unpaired) electrons. The van der Waals surface area contributed by atoms with Crippen LogP contribution in [0.1, 0.15) is 27.9 Å². The molecule has 3 aliphatic rings. The van der Waals surface area contributed by atoms with Crippen molar-refractivity contribution in [3.8, 4) is 16.9 Å². The smallest absolute Gasteiger partial charge is 0.235 e. The average molecular weight is 566 g/mol. The van der Waals surface area contributed by atoms with Crippen molar-refractivity contribution in [2.75, 3.05) is 27.3 Å². The molecule has 2 fully saturated rings. The summed E-state index contributed by atoms with van der Waals surface area (Å²) in [6, 6.07) is 9.34. The second kappa shape index (κ2) is 10.6. The van der Waals surface area contributed by atoms with Crippen molar-refractivity contribution in [3.63, 3.8) is 0 Å². The van der Waals surface area contributed by atoms with Gasteiger partial charge in [0, 0.05) is 19.0 Å². The molecule has 41 heavy (non-hydrogen) atoms. The predicted octanol–water partition coefficient (Wildman–Crippen LogP) is 0.593. The molecule has 5 N–H and O–H groups in total. The first kappa shape index (κ1) is 28.7. The van der Waals surface area contributed by atoms with E-state index in [1.807, 2.05) is 24.3 Å². The number of nitrogens with one attached hydrogen (secondary N) is 1. The summed E-state index contributed by atoms with van der Waals surface area (Å²) in [5, 5.41) is 25.4. The van der Waals surface area contributed by atoms with E-state index in [2.05, 4.69) is 5.32 Å². The number of aliphatic hydroxyl groups is 1. The number of alkyl halides is 1. The summed E-state index contributed by atoms with van der Waals surface area (Å²) in [5.74, 6) is -10.8. The number of aromatic hydroxyl groups is 1. The number of ketones is 4. The van der Waals surface area contributed by atoms with Gasteiger partial charge in [0.25, 0.3) is 0 Å². The Labute approximate surface area is 235 Å². The van der Waals surface area contributed by atoms with Crippen molar-refractivity contribution in [1.29, 1.82) is 0 Å². The molecule has 2 saturated carbocycles. The number of halogens is 1. The quantitative estimate of drug-likeness (QED) is 0.278.